The lowest BCUT2D eigenvalue weighted by Gasteiger charge is -2.20. The Labute approximate surface area is 142 Å². The van der Waals surface area contributed by atoms with Crippen LogP contribution >= 0.6 is 0 Å². The van der Waals surface area contributed by atoms with Gasteiger partial charge in [-0.15, -0.1) is 0 Å². The quantitative estimate of drug-likeness (QED) is 0.564. The van der Waals surface area contributed by atoms with Crippen molar-refractivity contribution in [2.75, 3.05) is 26.2 Å². The fraction of sp³-hybridized carbons (Fsp3) is 0.600. The van der Waals surface area contributed by atoms with Crippen molar-refractivity contribution in [2.45, 2.75) is 40.3 Å². The van der Waals surface area contributed by atoms with E-state index in [2.05, 4.69) is 57.0 Å². The summed E-state index contributed by atoms with van der Waals surface area (Å²) in [4.78, 5) is 1.54. The molecule has 1 atom stereocenters. The molecule has 128 valence electrons. The van der Waals surface area contributed by atoms with Crippen LogP contribution < -0.4 is 10.2 Å². The Morgan fingerprint density at radius 1 is 1.04 bits per heavy atom. The molecule has 0 amide bonds. The minimum absolute atomic E-state index is 0.0328. The summed E-state index contributed by atoms with van der Waals surface area (Å²) in [7, 11) is 0. The number of nitrogens with two attached hydrogens (primary N) is 1. The maximum atomic E-state index is 9.52. The smallest absolute Gasteiger partial charge is 0.171 e. The van der Waals surface area contributed by atoms with Crippen LogP contribution in [0, 0.1) is 23.7 Å². The van der Waals surface area contributed by atoms with Crippen LogP contribution in [0.25, 0.3) is 0 Å². The van der Waals surface area contributed by atoms with Gasteiger partial charge in [-0.25, -0.2) is 0 Å². The standard InChI is InChI=1S/C20H32N2O/c1-17(2)14-22(15-18(3)4)12-8-11-20(16-23)21-13-19-9-6-5-7-10-19/h5-7,9-10,17-18,20-21,23H,12-16H2,1-4H3/p+2/t20-/m0/s1. The monoisotopic (exact) mass is 318 g/mol. The van der Waals surface area contributed by atoms with E-state index in [4.69, 9.17) is 0 Å². The fourth-order valence-electron chi connectivity index (χ4n) is 2.76. The lowest BCUT2D eigenvalue weighted by molar-refractivity contribution is -0.898. The van der Waals surface area contributed by atoms with Crippen molar-refractivity contribution >= 4 is 0 Å². The van der Waals surface area contributed by atoms with Gasteiger partial charge in [0.25, 0.3) is 0 Å². The van der Waals surface area contributed by atoms with E-state index in [1.807, 2.05) is 18.2 Å². The van der Waals surface area contributed by atoms with Crippen LogP contribution in [0.2, 0.25) is 0 Å². The molecule has 0 spiro atoms. The molecular formula is C20H34N2O+2. The lowest BCUT2D eigenvalue weighted by Crippen LogP contribution is -3.13. The zero-order valence-corrected chi connectivity index (χ0v) is 15.2. The molecule has 1 aromatic carbocycles. The molecule has 3 nitrogen and oxygen atoms in total. The number of quaternary nitrogens is 2. The van der Waals surface area contributed by atoms with Gasteiger partial charge in [-0.05, 0) is 11.8 Å². The molecule has 0 fully saturated rings. The predicted molar refractivity (Wildman–Crippen MR) is 96.0 cm³/mol. The highest BCUT2D eigenvalue weighted by Gasteiger charge is 2.12. The third-order valence-corrected chi connectivity index (χ3v) is 3.70. The van der Waals surface area contributed by atoms with Gasteiger partial charge in [-0.3, -0.25) is 0 Å². The highest BCUT2D eigenvalue weighted by atomic mass is 16.3. The van der Waals surface area contributed by atoms with Crippen molar-refractivity contribution in [2.24, 2.45) is 11.8 Å². The average Bonchev–Trinajstić information content (AvgIpc) is 2.50. The van der Waals surface area contributed by atoms with Gasteiger partial charge >= 0.3 is 0 Å². The molecule has 3 heteroatoms. The molecule has 0 aliphatic rings. The van der Waals surface area contributed by atoms with Gasteiger partial charge in [-0.2, -0.15) is 0 Å². The summed E-state index contributed by atoms with van der Waals surface area (Å²) in [5.41, 5.74) is 1.26. The number of hydrogen-bond donors (Lipinski definition) is 3. The Morgan fingerprint density at radius 3 is 2.17 bits per heavy atom. The van der Waals surface area contributed by atoms with E-state index in [0.717, 1.165) is 26.2 Å². The summed E-state index contributed by atoms with van der Waals surface area (Å²) in [6.45, 7) is 13.2. The van der Waals surface area contributed by atoms with E-state index in [-0.39, 0.29) is 12.6 Å². The number of aliphatic hydroxyl groups is 1. The van der Waals surface area contributed by atoms with E-state index in [9.17, 15) is 5.11 Å². The SMILES string of the molecule is CC(C)C[NH+](CC#C[C@@H](CO)[NH2+]Cc1ccccc1)CC(C)C. The largest absolute Gasteiger partial charge is 0.389 e. The maximum Gasteiger partial charge on any atom is 0.171 e. The first-order valence-electron chi connectivity index (χ1n) is 8.81. The molecule has 4 N–H and O–H groups in total. The van der Waals surface area contributed by atoms with Gasteiger partial charge in [0.1, 0.15) is 19.7 Å². The average molecular weight is 319 g/mol. The fourth-order valence-corrected chi connectivity index (χ4v) is 2.76. The van der Waals surface area contributed by atoms with Gasteiger partial charge in [0.05, 0.1) is 13.1 Å². The molecule has 0 aliphatic carbocycles. The van der Waals surface area contributed by atoms with Gasteiger partial charge in [-0.1, -0.05) is 58.0 Å². The van der Waals surface area contributed by atoms with Gasteiger partial charge < -0.3 is 15.3 Å². The second kappa shape index (κ2) is 11.2. The summed E-state index contributed by atoms with van der Waals surface area (Å²) < 4.78 is 0. The Balaban J connectivity index is 2.48. The van der Waals surface area contributed by atoms with Crippen LogP contribution in [-0.2, 0) is 6.54 Å². The lowest BCUT2D eigenvalue weighted by atomic mass is 10.1. The number of rotatable bonds is 9. The normalized spacial score (nSPS) is 12.5. The van der Waals surface area contributed by atoms with Crippen LogP contribution in [0.1, 0.15) is 33.3 Å². The topological polar surface area (TPSA) is 41.3 Å². The molecule has 0 saturated heterocycles. The van der Waals surface area contributed by atoms with Crippen molar-refractivity contribution in [1.29, 1.82) is 0 Å². The highest BCUT2D eigenvalue weighted by Crippen LogP contribution is 1.94. The zero-order chi connectivity index (χ0) is 17.1. The first kappa shape index (κ1) is 19.7. The zero-order valence-electron chi connectivity index (χ0n) is 15.2. The Hall–Kier alpha value is -1.34. The minimum Gasteiger partial charge on any atom is -0.389 e. The summed E-state index contributed by atoms with van der Waals surface area (Å²) in [5, 5.41) is 11.6. The predicted octanol–water partition coefficient (Wildman–Crippen LogP) is 0.311. The molecule has 0 radical (unpaired) electrons. The van der Waals surface area contributed by atoms with Crippen LogP contribution in [-0.4, -0.2) is 37.4 Å². The van der Waals surface area contributed by atoms with Crippen LogP contribution in [0.5, 0.6) is 0 Å². The molecule has 0 aliphatic heterocycles. The third-order valence-electron chi connectivity index (χ3n) is 3.70. The third kappa shape index (κ3) is 9.40. The first-order valence-corrected chi connectivity index (χ1v) is 8.81. The van der Waals surface area contributed by atoms with Crippen molar-refractivity contribution < 1.29 is 15.3 Å². The molecule has 0 heterocycles. The Morgan fingerprint density at radius 2 is 1.65 bits per heavy atom. The van der Waals surface area contributed by atoms with Crippen LogP contribution in [0.3, 0.4) is 0 Å². The second-order valence-corrected chi connectivity index (χ2v) is 7.16. The van der Waals surface area contributed by atoms with E-state index in [0.29, 0.717) is 11.8 Å². The molecule has 0 bridgehead atoms. The second-order valence-electron chi connectivity index (χ2n) is 7.16. The Bertz CT molecular complexity index is 463. The van der Waals surface area contributed by atoms with Crippen molar-refractivity contribution in [1.82, 2.24) is 0 Å². The molecular weight excluding hydrogens is 284 g/mol. The molecule has 1 rings (SSSR count). The van der Waals surface area contributed by atoms with Crippen molar-refractivity contribution in [3.8, 4) is 11.8 Å². The molecule has 23 heavy (non-hydrogen) atoms. The van der Waals surface area contributed by atoms with Gasteiger partial charge in [0.2, 0.25) is 0 Å². The van der Waals surface area contributed by atoms with E-state index in [1.54, 1.807) is 4.90 Å². The summed E-state index contributed by atoms with van der Waals surface area (Å²) in [5.74, 6) is 7.91. The van der Waals surface area contributed by atoms with Crippen molar-refractivity contribution in [3.63, 3.8) is 0 Å². The van der Waals surface area contributed by atoms with E-state index < -0.39 is 0 Å². The number of hydrogen-bond acceptors (Lipinski definition) is 1. The van der Waals surface area contributed by atoms with Gasteiger partial charge in [0.15, 0.2) is 6.04 Å². The summed E-state index contributed by atoms with van der Waals surface area (Å²) in [6, 6.07) is 10.3. The van der Waals surface area contributed by atoms with Gasteiger partial charge in [0, 0.05) is 17.4 Å². The van der Waals surface area contributed by atoms with E-state index in [1.165, 1.54) is 5.56 Å². The Kier molecular flexibility index (Phi) is 9.63. The summed E-state index contributed by atoms with van der Waals surface area (Å²) in [6.07, 6.45) is 0. The highest BCUT2D eigenvalue weighted by molar-refractivity contribution is 5.13. The molecule has 1 aromatic rings. The molecule has 0 unspecified atom stereocenters. The minimum atomic E-state index is -0.0328. The maximum absolute atomic E-state index is 9.52. The molecule has 0 aromatic heterocycles. The van der Waals surface area contributed by atoms with Crippen molar-refractivity contribution in [3.05, 3.63) is 35.9 Å². The number of benzene rings is 1. The first-order chi connectivity index (χ1) is 11.0. The van der Waals surface area contributed by atoms with E-state index >= 15 is 0 Å². The summed E-state index contributed by atoms with van der Waals surface area (Å²) >= 11 is 0. The number of nitrogens with one attached hydrogen (secondary N) is 1. The molecule has 0 saturated carbocycles. The number of aliphatic hydroxyl groups excluding tert-OH is 1. The van der Waals surface area contributed by atoms with Crippen LogP contribution in [0.4, 0.5) is 0 Å². The van der Waals surface area contributed by atoms with Crippen LogP contribution in [0.15, 0.2) is 30.3 Å².